The number of hydrogen-bond donors (Lipinski definition) is 0. The zero-order valence-corrected chi connectivity index (χ0v) is 18.6. The molecule has 0 spiro atoms. The monoisotopic (exact) mass is 452 g/mol. The smallest absolute Gasteiger partial charge is 0.294 e. The van der Waals surface area contributed by atoms with Crippen molar-refractivity contribution in [2.24, 2.45) is 0 Å². The number of carbonyl (C=O) groups excluding carboxylic acids is 3. The predicted molar refractivity (Wildman–Crippen MR) is 122 cm³/mol. The molecule has 2 aromatic rings. The van der Waals surface area contributed by atoms with Crippen molar-refractivity contribution in [3.05, 3.63) is 70.1 Å². The molecule has 32 heavy (non-hydrogen) atoms. The number of morpholine rings is 1. The highest BCUT2D eigenvalue weighted by Crippen LogP contribution is 2.32. The molecule has 2 fully saturated rings. The number of amides is 3. The van der Waals surface area contributed by atoms with Crippen LogP contribution in [-0.2, 0) is 20.9 Å². The second-order valence-electron chi connectivity index (χ2n) is 7.55. The lowest BCUT2D eigenvalue weighted by atomic mass is 10.1. The average Bonchev–Trinajstić information content (AvgIpc) is 3.07. The fourth-order valence-corrected chi connectivity index (χ4v) is 4.27. The molecule has 7 nitrogen and oxygen atoms in total. The van der Waals surface area contributed by atoms with E-state index in [0.717, 1.165) is 33.5 Å². The summed E-state index contributed by atoms with van der Waals surface area (Å²) >= 11 is 0.850. The molecule has 0 atom stereocenters. The van der Waals surface area contributed by atoms with Gasteiger partial charge in [-0.3, -0.25) is 19.3 Å². The molecule has 3 amide bonds. The first-order valence-corrected chi connectivity index (χ1v) is 11.2. The van der Waals surface area contributed by atoms with Crippen molar-refractivity contribution >= 4 is 34.9 Å². The second-order valence-corrected chi connectivity index (χ2v) is 8.54. The molecule has 0 saturated carbocycles. The van der Waals surface area contributed by atoms with Gasteiger partial charge < -0.3 is 14.4 Å². The van der Waals surface area contributed by atoms with E-state index < -0.39 is 11.1 Å². The Bertz CT molecular complexity index is 1040. The third-order valence-corrected chi connectivity index (χ3v) is 6.27. The minimum absolute atomic E-state index is 0.242. The van der Waals surface area contributed by atoms with Crippen LogP contribution < -0.4 is 4.74 Å². The molecule has 166 valence electrons. The number of aryl methyl sites for hydroxylation is 1. The van der Waals surface area contributed by atoms with Gasteiger partial charge in [0.05, 0.1) is 18.1 Å². The van der Waals surface area contributed by atoms with Gasteiger partial charge in [-0.25, -0.2) is 0 Å². The van der Waals surface area contributed by atoms with Gasteiger partial charge >= 0.3 is 0 Å². The Morgan fingerprint density at radius 1 is 1.09 bits per heavy atom. The van der Waals surface area contributed by atoms with E-state index in [-0.39, 0.29) is 12.5 Å². The van der Waals surface area contributed by atoms with Gasteiger partial charge in [0.1, 0.15) is 18.9 Å². The molecule has 0 bridgehead atoms. The van der Waals surface area contributed by atoms with Gasteiger partial charge in [-0.2, -0.15) is 0 Å². The topological polar surface area (TPSA) is 76.2 Å². The van der Waals surface area contributed by atoms with Crippen LogP contribution in [0, 0.1) is 6.92 Å². The third kappa shape index (κ3) is 5.20. The van der Waals surface area contributed by atoms with Crippen LogP contribution >= 0.6 is 11.8 Å². The zero-order chi connectivity index (χ0) is 22.5. The maximum Gasteiger partial charge on any atom is 0.294 e. The number of benzene rings is 2. The lowest BCUT2D eigenvalue weighted by molar-refractivity contribution is -0.139. The van der Waals surface area contributed by atoms with Gasteiger partial charge in [0, 0.05) is 13.1 Å². The summed E-state index contributed by atoms with van der Waals surface area (Å²) in [7, 11) is 0. The van der Waals surface area contributed by atoms with E-state index in [1.54, 1.807) is 11.0 Å². The lowest BCUT2D eigenvalue weighted by Gasteiger charge is -2.28. The Balaban J connectivity index is 1.37. The van der Waals surface area contributed by atoms with E-state index in [2.05, 4.69) is 0 Å². The van der Waals surface area contributed by atoms with Crippen molar-refractivity contribution in [3.63, 3.8) is 0 Å². The van der Waals surface area contributed by atoms with E-state index in [1.807, 2.05) is 55.5 Å². The SMILES string of the molecule is Cc1ccccc1COc1ccc(/C=C2\SC(=O)N(CC(=O)N3CCOCC3)C2=O)cc1. The first-order chi connectivity index (χ1) is 15.5. The van der Waals surface area contributed by atoms with Crippen LogP contribution in [0.2, 0.25) is 0 Å². The van der Waals surface area contributed by atoms with Crippen LogP contribution in [-0.4, -0.2) is 59.7 Å². The summed E-state index contributed by atoms with van der Waals surface area (Å²) in [5.41, 5.74) is 3.07. The number of nitrogens with zero attached hydrogens (tertiary/aromatic N) is 2. The Hall–Kier alpha value is -3.10. The van der Waals surface area contributed by atoms with E-state index in [4.69, 9.17) is 9.47 Å². The first kappa shape index (κ1) is 22.1. The molecule has 2 heterocycles. The molecular formula is C24H24N2O5S. The fraction of sp³-hybridized carbons (Fsp3) is 0.292. The molecule has 0 radical (unpaired) electrons. The van der Waals surface area contributed by atoms with Crippen molar-refractivity contribution in [1.82, 2.24) is 9.80 Å². The summed E-state index contributed by atoms with van der Waals surface area (Å²) in [6.45, 7) is 4.17. The molecule has 0 aliphatic carbocycles. The normalized spacial score (nSPS) is 17.8. The standard InChI is InChI=1S/C24H24N2O5S/c1-17-4-2-3-5-19(17)16-31-20-8-6-18(7-9-20)14-21-23(28)26(24(29)32-21)15-22(27)25-10-12-30-13-11-25/h2-9,14H,10-13,15-16H2,1H3/b21-14-. The van der Waals surface area contributed by atoms with Crippen molar-refractivity contribution < 1.29 is 23.9 Å². The number of hydrogen-bond acceptors (Lipinski definition) is 6. The van der Waals surface area contributed by atoms with Gasteiger partial charge in [-0.15, -0.1) is 0 Å². The highest BCUT2D eigenvalue weighted by Gasteiger charge is 2.37. The molecule has 0 unspecified atom stereocenters. The Morgan fingerprint density at radius 2 is 1.81 bits per heavy atom. The molecule has 4 rings (SSSR count). The van der Waals surface area contributed by atoms with Gasteiger partial charge in [-0.05, 0) is 53.6 Å². The molecule has 0 N–H and O–H groups in total. The summed E-state index contributed by atoms with van der Waals surface area (Å²) < 4.78 is 11.1. The van der Waals surface area contributed by atoms with Gasteiger partial charge in [-0.1, -0.05) is 36.4 Å². The van der Waals surface area contributed by atoms with Crippen molar-refractivity contribution in [2.45, 2.75) is 13.5 Å². The van der Waals surface area contributed by atoms with Crippen LogP contribution in [0.25, 0.3) is 6.08 Å². The molecule has 2 aliphatic rings. The number of rotatable bonds is 6. The van der Waals surface area contributed by atoms with Crippen molar-refractivity contribution in [2.75, 3.05) is 32.8 Å². The van der Waals surface area contributed by atoms with Crippen LogP contribution in [0.15, 0.2) is 53.4 Å². The maximum absolute atomic E-state index is 12.7. The summed E-state index contributed by atoms with van der Waals surface area (Å²) in [6.07, 6.45) is 1.66. The molecule has 2 aliphatic heterocycles. The summed E-state index contributed by atoms with van der Waals surface area (Å²) in [6, 6.07) is 15.4. The molecule has 2 saturated heterocycles. The highest BCUT2D eigenvalue weighted by atomic mass is 32.2. The minimum atomic E-state index is -0.443. The van der Waals surface area contributed by atoms with Gasteiger partial charge in [0.2, 0.25) is 5.91 Å². The summed E-state index contributed by atoms with van der Waals surface area (Å²) in [4.78, 5) is 40.4. The minimum Gasteiger partial charge on any atom is -0.489 e. The van der Waals surface area contributed by atoms with Gasteiger partial charge in [0.25, 0.3) is 11.1 Å². The van der Waals surface area contributed by atoms with Crippen molar-refractivity contribution in [1.29, 1.82) is 0 Å². The van der Waals surface area contributed by atoms with E-state index in [0.29, 0.717) is 37.8 Å². The van der Waals surface area contributed by atoms with E-state index >= 15 is 0 Å². The molecular weight excluding hydrogens is 428 g/mol. The summed E-state index contributed by atoms with van der Waals surface area (Å²) in [5, 5.41) is -0.430. The Kier molecular flexibility index (Phi) is 6.92. The third-order valence-electron chi connectivity index (χ3n) is 5.36. The summed E-state index contributed by atoms with van der Waals surface area (Å²) in [5.74, 6) is 0.0307. The first-order valence-electron chi connectivity index (χ1n) is 10.4. The molecule has 2 aromatic carbocycles. The number of carbonyl (C=O) groups is 3. The van der Waals surface area contributed by atoms with Crippen LogP contribution in [0.5, 0.6) is 5.75 Å². The van der Waals surface area contributed by atoms with Crippen LogP contribution in [0.4, 0.5) is 4.79 Å². The lowest BCUT2D eigenvalue weighted by Crippen LogP contribution is -2.46. The van der Waals surface area contributed by atoms with E-state index in [9.17, 15) is 14.4 Å². The predicted octanol–water partition coefficient (Wildman–Crippen LogP) is 3.47. The molecule has 0 aromatic heterocycles. The zero-order valence-electron chi connectivity index (χ0n) is 17.8. The largest absolute Gasteiger partial charge is 0.489 e. The quantitative estimate of drug-likeness (QED) is 0.625. The average molecular weight is 453 g/mol. The maximum atomic E-state index is 12.7. The molecule has 8 heteroatoms. The number of imide groups is 1. The van der Waals surface area contributed by atoms with Crippen LogP contribution in [0.3, 0.4) is 0 Å². The van der Waals surface area contributed by atoms with Gasteiger partial charge in [0.15, 0.2) is 0 Å². The fourth-order valence-electron chi connectivity index (χ4n) is 3.43. The van der Waals surface area contributed by atoms with Crippen molar-refractivity contribution in [3.8, 4) is 5.75 Å². The Labute approximate surface area is 191 Å². The Morgan fingerprint density at radius 3 is 2.53 bits per heavy atom. The van der Waals surface area contributed by atoms with Crippen LogP contribution in [0.1, 0.15) is 16.7 Å². The second kappa shape index (κ2) is 10.0. The van der Waals surface area contributed by atoms with E-state index in [1.165, 1.54) is 5.56 Å². The number of thioether (sulfide) groups is 1. The number of ether oxygens (including phenoxy) is 2. The highest BCUT2D eigenvalue weighted by molar-refractivity contribution is 8.18.